The summed E-state index contributed by atoms with van der Waals surface area (Å²) in [6.07, 6.45) is -4.56. The number of nitrogens with zero attached hydrogens (tertiary/aromatic N) is 3. The third kappa shape index (κ3) is 6.04. The van der Waals surface area contributed by atoms with Crippen LogP contribution >= 0.6 is 23.2 Å². The Morgan fingerprint density at radius 3 is 2.52 bits per heavy atom. The summed E-state index contributed by atoms with van der Waals surface area (Å²) < 4.78 is 44.8. The highest BCUT2D eigenvalue weighted by atomic mass is 35.5. The Hall–Kier alpha value is -1.93. The van der Waals surface area contributed by atoms with E-state index in [0.29, 0.717) is 27.9 Å². The Kier molecular flexibility index (Phi) is 7.00. The molecule has 2 aromatic rings. The van der Waals surface area contributed by atoms with Crippen molar-refractivity contribution in [2.75, 3.05) is 13.2 Å². The maximum Gasteiger partial charge on any atom is 0.435 e. The van der Waals surface area contributed by atoms with Crippen molar-refractivity contribution < 1.29 is 22.7 Å². The highest BCUT2D eigenvalue weighted by Gasteiger charge is 2.35. The topological polar surface area (TPSA) is 48.6 Å². The lowest BCUT2D eigenvalue weighted by Crippen LogP contribution is -2.16. The fourth-order valence-electron chi connectivity index (χ4n) is 2.01. The molecule has 148 valence electrons. The first-order valence-electron chi connectivity index (χ1n) is 7.96. The number of hydrogen-bond acceptors (Lipinski definition) is 4. The van der Waals surface area contributed by atoms with E-state index in [4.69, 9.17) is 32.8 Å². The molecule has 1 aromatic carbocycles. The lowest BCUT2D eigenvalue weighted by atomic mass is 10.1. The van der Waals surface area contributed by atoms with E-state index in [2.05, 4.69) is 10.3 Å². The molecule has 0 atom stereocenters. The van der Waals surface area contributed by atoms with Crippen LogP contribution in [-0.2, 0) is 18.1 Å². The van der Waals surface area contributed by atoms with Gasteiger partial charge in [-0.15, -0.1) is 0 Å². The van der Waals surface area contributed by atoms with Crippen LogP contribution < -0.4 is 4.74 Å². The van der Waals surface area contributed by atoms with Gasteiger partial charge in [0.1, 0.15) is 18.9 Å². The molecule has 0 saturated carbocycles. The van der Waals surface area contributed by atoms with E-state index in [1.54, 1.807) is 12.1 Å². The number of halogens is 5. The van der Waals surface area contributed by atoms with E-state index in [1.807, 2.05) is 13.8 Å². The van der Waals surface area contributed by atoms with E-state index in [1.165, 1.54) is 13.1 Å². The Morgan fingerprint density at radius 2 is 1.96 bits per heavy atom. The van der Waals surface area contributed by atoms with Gasteiger partial charge in [-0.2, -0.15) is 18.3 Å². The van der Waals surface area contributed by atoms with Crippen molar-refractivity contribution in [1.82, 2.24) is 9.78 Å². The fraction of sp³-hybridized carbons (Fsp3) is 0.412. The summed E-state index contributed by atoms with van der Waals surface area (Å²) in [6.45, 7) is 4.10. The molecule has 0 radical (unpaired) electrons. The van der Waals surface area contributed by atoms with Crippen molar-refractivity contribution in [2.45, 2.75) is 20.0 Å². The summed E-state index contributed by atoms with van der Waals surface area (Å²) >= 11 is 12.1. The number of aryl methyl sites for hydroxylation is 1. The number of hydrogen-bond donors (Lipinski definition) is 0. The third-order valence-corrected chi connectivity index (χ3v) is 3.86. The summed E-state index contributed by atoms with van der Waals surface area (Å²) in [5.41, 5.74) is -0.228. The minimum Gasteiger partial charge on any atom is -0.471 e. The van der Waals surface area contributed by atoms with Crippen molar-refractivity contribution in [3.05, 3.63) is 45.6 Å². The molecule has 0 saturated heterocycles. The quantitative estimate of drug-likeness (QED) is 0.454. The number of alkyl halides is 3. The molecular formula is C17H18Cl2F3N3O2. The second-order valence-corrected chi connectivity index (χ2v) is 6.97. The predicted octanol–water partition coefficient (Wildman–Crippen LogP) is 5.20. The molecule has 1 aromatic heterocycles. The number of aromatic nitrogens is 2. The molecular weight excluding hydrogens is 406 g/mol. The largest absolute Gasteiger partial charge is 0.471 e. The molecule has 10 heteroatoms. The number of rotatable bonds is 7. The maximum atomic E-state index is 12.8. The van der Waals surface area contributed by atoms with Gasteiger partial charge in [-0.05, 0) is 24.1 Å². The zero-order valence-corrected chi connectivity index (χ0v) is 16.4. The van der Waals surface area contributed by atoms with E-state index >= 15 is 0 Å². The van der Waals surface area contributed by atoms with Gasteiger partial charge in [0.25, 0.3) is 0 Å². The van der Waals surface area contributed by atoms with Crippen LogP contribution in [0.25, 0.3) is 0 Å². The SMILES string of the molecule is CC(C)CO/N=C(/COc1cc(C(F)(F)F)nn1C)c1ccc(Cl)cc1Cl. The molecule has 0 spiro atoms. The number of ether oxygens (including phenoxy) is 1. The molecule has 0 aliphatic carbocycles. The first kappa shape index (κ1) is 21.4. The molecule has 0 bridgehead atoms. The number of oxime groups is 1. The van der Waals surface area contributed by atoms with Crippen LogP contribution in [0.3, 0.4) is 0 Å². The predicted molar refractivity (Wildman–Crippen MR) is 97.5 cm³/mol. The molecule has 0 amide bonds. The van der Waals surface area contributed by atoms with Crippen LogP contribution in [0.5, 0.6) is 5.88 Å². The van der Waals surface area contributed by atoms with Crippen LogP contribution in [0.2, 0.25) is 10.0 Å². The molecule has 0 N–H and O–H groups in total. The maximum absolute atomic E-state index is 12.8. The van der Waals surface area contributed by atoms with E-state index in [0.717, 1.165) is 10.7 Å². The Bertz CT molecular complexity index is 820. The molecule has 2 rings (SSSR count). The fourth-order valence-corrected chi connectivity index (χ4v) is 2.52. The van der Waals surface area contributed by atoms with E-state index in [-0.39, 0.29) is 18.4 Å². The van der Waals surface area contributed by atoms with Crippen LogP contribution in [0.4, 0.5) is 13.2 Å². The molecule has 0 unspecified atom stereocenters. The Balaban J connectivity index is 2.23. The first-order valence-corrected chi connectivity index (χ1v) is 8.71. The molecule has 0 aliphatic rings. The second-order valence-electron chi connectivity index (χ2n) is 6.13. The molecule has 27 heavy (non-hydrogen) atoms. The summed E-state index contributed by atoms with van der Waals surface area (Å²) in [5.74, 6) is 0.173. The van der Waals surface area contributed by atoms with Gasteiger partial charge in [-0.1, -0.05) is 42.2 Å². The average molecular weight is 424 g/mol. The Morgan fingerprint density at radius 1 is 1.26 bits per heavy atom. The normalized spacial score (nSPS) is 12.6. The van der Waals surface area contributed by atoms with Crippen LogP contribution in [0.15, 0.2) is 29.4 Å². The van der Waals surface area contributed by atoms with Gasteiger partial charge in [0.05, 0.1) is 5.02 Å². The smallest absolute Gasteiger partial charge is 0.435 e. The van der Waals surface area contributed by atoms with Gasteiger partial charge in [-0.3, -0.25) is 0 Å². The van der Waals surface area contributed by atoms with Gasteiger partial charge < -0.3 is 9.57 Å². The van der Waals surface area contributed by atoms with Crippen molar-refractivity contribution >= 4 is 28.9 Å². The average Bonchev–Trinajstić information content (AvgIpc) is 2.92. The van der Waals surface area contributed by atoms with Gasteiger partial charge in [0.2, 0.25) is 5.88 Å². The highest BCUT2D eigenvalue weighted by Crippen LogP contribution is 2.30. The summed E-state index contributed by atoms with van der Waals surface area (Å²) in [7, 11) is 1.35. The Labute approximate surface area is 164 Å². The summed E-state index contributed by atoms with van der Waals surface area (Å²) in [5, 5.41) is 8.19. The zero-order valence-electron chi connectivity index (χ0n) is 14.8. The van der Waals surface area contributed by atoms with Gasteiger partial charge in [0, 0.05) is 23.7 Å². The van der Waals surface area contributed by atoms with Crippen LogP contribution in [0.1, 0.15) is 25.1 Å². The number of benzene rings is 1. The molecule has 0 aliphatic heterocycles. The molecule has 5 nitrogen and oxygen atoms in total. The van der Waals surface area contributed by atoms with Crippen LogP contribution in [-0.4, -0.2) is 28.7 Å². The second kappa shape index (κ2) is 8.84. The van der Waals surface area contributed by atoms with Crippen molar-refractivity contribution in [3.8, 4) is 5.88 Å². The lowest BCUT2D eigenvalue weighted by molar-refractivity contribution is -0.141. The van der Waals surface area contributed by atoms with Crippen molar-refractivity contribution in [2.24, 2.45) is 18.1 Å². The molecule has 0 fully saturated rings. The van der Waals surface area contributed by atoms with Crippen LogP contribution in [0, 0.1) is 5.92 Å². The zero-order chi connectivity index (χ0) is 20.2. The third-order valence-electron chi connectivity index (χ3n) is 3.31. The summed E-state index contributed by atoms with van der Waals surface area (Å²) in [4.78, 5) is 5.29. The van der Waals surface area contributed by atoms with Crippen molar-refractivity contribution in [3.63, 3.8) is 0 Å². The van der Waals surface area contributed by atoms with Gasteiger partial charge >= 0.3 is 6.18 Å². The van der Waals surface area contributed by atoms with Gasteiger partial charge in [-0.25, -0.2) is 4.68 Å². The van der Waals surface area contributed by atoms with Crippen molar-refractivity contribution in [1.29, 1.82) is 0 Å². The lowest BCUT2D eigenvalue weighted by Gasteiger charge is -2.11. The molecule has 1 heterocycles. The minimum absolute atomic E-state index is 0.0658. The first-order chi connectivity index (χ1) is 12.6. The minimum atomic E-state index is -4.56. The highest BCUT2D eigenvalue weighted by molar-refractivity contribution is 6.37. The van der Waals surface area contributed by atoms with E-state index < -0.39 is 11.9 Å². The monoisotopic (exact) mass is 423 g/mol. The summed E-state index contributed by atoms with van der Waals surface area (Å²) in [6, 6.07) is 5.60. The standard InChI is InChI=1S/C17H18Cl2F3N3O2/c1-10(2)8-27-24-14(12-5-4-11(18)6-13(12)19)9-26-16-7-15(17(20,21)22)23-25(16)3/h4-7,10H,8-9H2,1-3H3/b24-14-. The van der Waals surface area contributed by atoms with E-state index in [9.17, 15) is 13.2 Å². The van der Waals surface area contributed by atoms with Gasteiger partial charge in [0.15, 0.2) is 5.69 Å².